The lowest BCUT2D eigenvalue weighted by molar-refractivity contribution is 0.102. The van der Waals surface area contributed by atoms with Crippen molar-refractivity contribution < 1.29 is 4.79 Å². The van der Waals surface area contributed by atoms with Gasteiger partial charge in [-0.3, -0.25) is 4.79 Å². The summed E-state index contributed by atoms with van der Waals surface area (Å²) in [6, 6.07) is 19.9. The Morgan fingerprint density at radius 2 is 1.94 bits per heavy atom. The van der Waals surface area contributed by atoms with Crippen LogP contribution in [0.25, 0.3) is 37.0 Å². The molecule has 160 valence electrons. The highest BCUT2D eigenvalue weighted by atomic mass is 32.1. The molecule has 33 heavy (non-hydrogen) atoms. The lowest BCUT2D eigenvalue weighted by Gasteiger charge is -2.05. The summed E-state index contributed by atoms with van der Waals surface area (Å²) in [5.41, 5.74) is 5.81. The highest BCUT2D eigenvalue weighted by Gasteiger charge is 2.17. The van der Waals surface area contributed by atoms with E-state index in [1.165, 1.54) is 10.3 Å². The number of rotatable bonds is 4. The van der Waals surface area contributed by atoms with Crippen molar-refractivity contribution in [3.63, 3.8) is 0 Å². The zero-order valence-electron chi connectivity index (χ0n) is 17.5. The number of amides is 1. The molecule has 0 atom stereocenters. The van der Waals surface area contributed by atoms with Gasteiger partial charge >= 0.3 is 0 Å². The summed E-state index contributed by atoms with van der Waals surface area (Å²) in [4.78, 5) is 23.2. The van der Waals surface area contributed by atoms with Gasteiger partial charge in [0.15, 0.2) is 5.65 Å². The maximum atomic E-state index is 13.0. The van der Waals surface area contributed by atoms with Crippen molar-refractivity contribution in [2.75, 3.05) is 5.32 Å². The number of nitrogens with zero attached hydrogens (tertiary/aromatic N) is 4. The average Bonchev–Trinajstić information content (AvgIpc) is 3.58. The quantitative estimate of drug-likeness (QED) is 0.330. The number of hydrogen-bond acceptors (Lipinski definition) is 6. The SMILES string of the molecule is Cc1ccc2nc(-c3ccc(NC(=O)c4cnn5c(-c6cccs6)ccnc45)cc3)sc2c1. The third-order valence-electron chi connectivity index (χ3n) is 5.35. The molecule has 4 aromatic heterocycles. The molecule has 6 nitrogen and oxygen atoms in total. The van der Waals surface area contributed by atoms with Gasteiger partial charge in [0.1, 0.15) is 10.6 Å². The first-order valence-corrected chi connectivity index (χ1v) is 12.0. The zero-order chi connectivity index (χ0) is 22.4. The van der Waals surface area contributed by atoms with Gasteiger partial charge in [0, 0.05) is 17.4 Å². The second-order valence-electron chi connectivity index (χ2n) is 7.62. The van der Waals surface area contributed by atoms with Gasteiger partial charge < -0.3 is 5.32 Å². The minimum atomic E-state index is -0.246. The van der Waals surface area contributed by atoms with E-state index in [-0.39, 0.29) is 5.91 Å². The number of anilines is 1. The molecule has 0 aliphatic carbocycles. The molecular weight excluding hydrogens is 450 g/mol. The minimum Gasteiger partial charge on any atom is -0.322 e. The zero-order valence-corrected chi connectivity index (χ0v) is 19.2. The number of hydrogen-bond donors (Lipinski definition) is 1. The number of benzene rings is 2. The maximum Gasteiger partial charge on any atom is 0.261 e. The maximum absolute atomic E-state index is 13.0. The van der Waals surface area contributed by atoms with Gasteiger partial charge in [-0.1, -0.05) is 12.1 Å². The van der Waals surface area contributed by atoms with Crippen LogP contribution >= 0.6 is 22.7 Å². The Hall–Kier alpha value is -3.88. The van der Waals surface area contributed by atoms with E-state index in [1.807, 2.05) is 53.9 Å². The molecule has 0 unspecified atom stereocenters. The molecule has 2 aromatic carbocycles. The summed E-state index contributed by atoms with van der Waals surface area (Å²) in [7, 11) is 0. The lowest BCUT2D eigenvalue weighted by Crippen LogP contribution is -2.12. The molecule has 0 aliphatic rings. The number of fused-ring (bicyclic) bond motifs is 2. The molecule has 0 aliphatic heterocycles. The first-order chi connectivity index (χ1) is 16.2. The van der Waals surface area contributed by atoms with E-state index in [1.54, 1.807) is 39.6 Å². The van der Waals surface area contributed by atoms with Crippen LogP contribution in [0.15, 0.2) is 78.4 Å². The van der Waals surface area contributed by atoms with Crippen molar-refractivity contribution in [2.24, 2.45) is 0 Å². The third kappa shape index (κ3) is 3.59. The standard InChI is InChI=1S/C25H17N5OS2/c1-15-4-9-19-22(13-15)33-25(29-19)16-5-7-17(8-6-16)28-24(31)18-14-27-30-20(10-11-26-23(18)30)21-3-2-12-32-21/h2-14H,1H3,(H,28,31). The highest BCUT2D eigenvalue weighted by Crippen LogP contribution is 2.31. The normalized spacial score (nSPS) is 11.3. The van der Waals surface area contributed by atoms with E-state index in [9.17, 15) is 4.79 Å². The monoisotopic (exact) mass is 467 g/mol. The van der Waals surface area contributed by atoms with Crippen LogP contribution in [0.3, 0.4) is 0 Å². The molecule has 0 radical (unpaired) electrons. The molecule has 0 spiro atoms. The van der Waals surface area contributed by atoms with Gasteiger partial charge in [0.2, 0.25) is 0 Å². The van der Waals surface area contributed by atoms with Gasteiger partial charge in [-0.2, -0.15) is 5.10 Å². The Bertz CT molecular complexity index is 1610. The van der Waals surface area contributed by atoms with Crippen LogP contribution in [0.2, 0.25) is 0 Å². The van der Waals surface area contributed by atoms with E-state index in [4.69, 9.17) is 4.98 Å². The first-order valence-electron chi connectivity index (χ1n) is 10.3. The molecule has 0 saturated heterocycles. The second-order valence-corrected chi connectivity index (χ2v) is 9.60. The molecule has 0 bridgehead atoms. The topological polar surface area (TPSA) is 72.2 Å². The van der Waals surface area contributed by atoms with Crippen molar-refractivity contribution in [2.45, 2.75) is 6.92 Å². The third-order valence-corrected chi connectivity index (χ3v) is 7.31. The summed E-state index contributed by atoms with van der Waals surface area (Å²) in [6.45, 7) is 2.08. The number of carbonyl (C=O) groups is 1. The van der Waals surface area contributed by atoms with E-state index in [0.717, 1.165) is 26.7 Å². The van der Waals surface area contributed by atoms with Crippen molar-refractivity contribution >= 4 is 50.1 Å². The first kappa shape index (κ1) is 19.8. The van der Waals surface area contributed by atoms with Gasteiger partial charge in [-0.05, 0) is 66.4 Å². The van der Waals surface area contributed by atoms with E-state index < -0.39 is 0 Å². The van der Waals surface area contributed by atoms with Crippen molar-refractivity contribution in [3.05, 3.63) is 89.6 Å². The number of carbonyl (C=O) groups excluding carboxylic acids is 1. The fourth-order valence-corrected chi connectivity index (χ4v) is 5.52. The highest BCUT2D eigenvalue weighted by molar-refractivity contribution is 7.21. The molecule has 8 heteroatoms. The summed E-state index contributed by atoms with van der Waals surface area (Å²) in [5.74, 6) is -0.246. The summed E-state index contributed by atoms with van der Waals surface area (Å²) in [5, 5.41) is 10.3. The number of nitrogens with one attached hydrogen (secondary N) is 1. The van der Waals surface area contributed by atoms with Crippen LogP contribution in [-0.4, -0.2) is 25.5 Å². The molecule has 1 N–H and O–H groups in total. The fraction of sp³-hybridized carbons (Fsp3) is 0.0400. The molecule has 4 heterocycles. The minimum absolute atomic E-state index is 0.246. The Kier molecular flexibility index (Phi) is 4.74. The Labute approximate surface area is 197 Å². The predicted octanol–water partition coefficient (Wildman–Crippen LogP) is 6.30. The van der Waals surface area contributed by atoms with Crippen LogP contribution in [0.4, 0.5) is 5.69 Å². The van der Waals surface area contributed by atoms with Crippen molar-refractivity contribution in [3.8, 4) is 21.1 Å². The number of thiophene rings is 1. The summed E-state index contributed by atoms with van der Waals surface area (Å²) in [6.07, 6.45) is 3.27. The Morgan fingerprint density at radius 3 is 2.76 bits per heavy atom. The van der Waals surface area contributed by atoms with Gasteiger partial charge in [0.05, 0.1) is 27.0 Å². The number of thiazole rings is 1. The molecule has 0 fully saturated rings. The fourth-order valence-electron chi connectivity index (χ4n) is 3.71. The lowest BCUT2D eigenvalue weighted by atomic mass is 10.2. The Morgan fingerprint density at radius 1 is 1.06 bits per heavy atom. The predicted molar refractivity (Wildman–Crippen MR) is 134 cm³/mol. The second kappa shape index (κ2) is 7.91. The summed E-state index contributed by atoms with van der Waals surface area (Å²) >= 11 is 3.29. The van der Waals surface area contributed by atoms with Gasteiger partial charge in [-0.25, -0.2) is 14.5 Å². The van der Waals surface area contributed by atoms with E-state index in [0.29, 0.717) is 16.9 Å². The van der Waals surface area contributed by atoms with Crippen LogP contribution in [0, 0.1) is 6.92 Å². The largest absolute Gasteiger partial charge is 0.322 e. The molecule has 6 rings (SSSR count). The van der Waals surface area contributed by atoms with E-state index in [2.05, 4.69) is 34.5 Å². The van der Waals surface area contributed by atoms with Crippen molar-refractivity contribution in [1.82, 2.24) is 19.6 Å². The molecule has 0 saturated carbocycles. The molecule has 6 aromatic rings. The van der Waals surface area contributed by atoms with Gasteiger partial charge in [-0.15, -0.1) is 22.7 Å². The van der Waals surface area contributed by atoms with Crippen LogP contribution in [0.5, 0.6) is 0 Å². The molecular formula is C25H17N5OS2. The van der Waals surface area contributed by atoms with Crippen molar-refractivity contribution in [1.29, 1.82) is 0 Å². The van der Waals surface area contributed by atoms with Crippen LogP contribution in [-0.2, 0) is 0 Å². The summed E-state index contributed by atoms with van der Waals surface area (Å²) < 4.78 is 2.88. The van der Waals surface area contributed by atoms with Crippen LogP contribution < -0.4 is 5.32 Å². The van der Waals surface area contributed by atoms with Crippen LogP contribution in [0.1, 0.15) is 15.9 Å². The Balaban J connectivity index is 1.26. The molecule has 1 amide bonds. The number of aromatic nitrogens is 4. The smallest absolute Gasteiger partial charge is 0.261 e. The van der Waals surface area contributed by atoms with Gasteiger partial charge in [0.25, 0.3) is 5.91 Å². The van der Waals surface area contributed by atoms with E-state index >= 15 is 0 Å². The number of aryl methyl sites for hydroxylation is 1. The average molecular weight is 468 g/mol.